The molecule has 0 saturated heterocycles. The zero-order valence-corrected chi connectivity index (χ0v) is 38.8. The first-order valence-corrected chi connectivity index (χ1v) is 25.6. The predicted octanol–water partition coefficient (Wildman–Crippen LogP) is 15.1. The van der Waals surface area contributed by atoms with Crippen LogP contribution < -0.4 is 5.32 Å². The third-order valence-electron chi connectivity index (χ3n) is 11.8. The fraction of sp³-hybridized carbons (Fsp3) is 0.885. The Morgan fingerprint density at radius 3 is 1.34 bits per heavy atom. The van der Waals surface area contributed by atoms with Crippen molar-refractivity contribution in [2.75, 3.05) is 13.2 Å². The molecule has 0 heterocycles. The summed E-state index contributed by atoms with van der Waals surface area (Å²) in [6, 6.07) is -0.553. The highest BCUT2D eigenvalue weighted by Gasteiger charge is 2.20. The Balaban J connectivity index is 3.47. The van der Waals surface area contributed by atoms with Crippen molar-refractivity contribution in [3.8, 4) is 0 Å². The largest absolute Gasteiger partial charge is 0.466 e. The van der Waals surface area contributed by atoms with Gasteiger partial charge in [0.1, 0.15) is 0 Å². The number of hydrogen-bond donors (Lipinski definition) is 3. The molecule has 0 bridgehead atoms. The van der Waals surface area contributed by atoms with E-state index in [2.05, 4.69) is 43.5 Å². The fourth-order valence-electron chi connectivity index (χ4n) is 7.79. The van der Waals surface area contributed by atoms with Crippen LogP contribution in [0.1, 0.15) is 271 Å². The molecule has 6 nitrogen and oxygen atoms in total. The summed E-state index contributed by atoms with van der Waals surface area (Å²) in [6.45, 7) is 4.88. The predicted molar refractivity (Wildman–Crippen MR) is 250 cm³/mol. The second kappa shape index (κ2) is 48.0. The van der Waals surface area contributed by atoms with E-state index in [1.807, 2.05) is 0 Å². The SMILES string of the molecule is CCCCC/C=C\C/C=C\CCCCCCCC(=O)OCCCCCCCCCCCCCCC(=O)NC(CO)C(O)CCCCCCCCCCCCCCCC. The lowest BCUT2D eigenvalue weighted by atomic mass is 10.0. The molecule has 0 aromatic rings. The van der Waals surface area contributed by atoms with Crippen molar-refractivity contribution < 1.29 is 24.5 Å². The van der Waals surface area contributed by atoms with E-state index in [1.165, 1.54) is 167 Å². The third-order valence-corrected chi connectivity index (χ3v) is 11.8. The van der Waals surface area contributed by atoms with Gasteiger partial charge in [-0.05, 0) is 57.8 Å². The Morgan fingerprint density at radius 2 is 0.862 bits per heavy atom. The Morgan fingerprint density at radius 1 is 0.483 bits per heavy atom. The van der Waals surface area contributed by atoms with Gasteiger partial charge in [0.05, 0.1) is 25.4 Å². The molecule has 0 radical (unpaired) electrons. The third kappa shape index (κ3) is 43.9. The van der Waals surface area contributed by atoms with E-state index in [4.69, 9.17) is 4.74 Å². The van der Waals surface area contributed by atoms with Crippen LogP contribution in [0.15, 0.2) is 24.3 Å². The van der Waals surface area contributed by atoms with Gasteiger partial charge < -0.3 is 20.3 Å². The maximum Gasteiger partial charge on any atom is 0.305 e. The molecule has 6 heteroatoms. The second-order valence-corrected chi connectivity index (χ2v) is 17.5. The summed E-state index contributed by atoms with van der Waals surface area (Å²) >= 11 is 0. The number of unbranched alkanes of at least 4 members (excludes halogenated alkanes) is 32. The molecular formula is C52H99NO5. The normalized spacial score (nSPS) is 12.8. The van der Waals surface area contributed by atoms with Crippen LogP contribution in [0.2, 0.25) is 0 Å². The number of carbonyl (C=O) groups is 2. The summed E-state index contributed by atoms with van der Waals surface area (Å²) in [5, 5.41) is 23.2. The van der Waals surface area contributed by atoms with Gasteiger partial charge in [-0.15, -0.1) is 0 Å². The lowest BCUT2D eigenvalue weighted by Crippen LogP contribution is -2.45. The molecule has 0 aromatic carbocycles. The first kappa shape index (κ1) is 56.3. The molecule has 342 valence electrons. The van der Waals surface area contributed by atoms with Gasteiger partial charge in [-0.3, -0.25) is 9.59 Å². The number of ether oxygens (including phenoxy) is 1. The number of aliphatic hydroxyl groups excluding tert-OH is 2. The highest BCUT2D eigenvalue weighted by Crippen LogP contribution is 2.16. The minimum atomic E-state index is -0.674. The number of allylic oxidation sites excluding steroid dienone is 4. The van der Waals surface area contributed by atoms with Gasteiger partial charge in [0.2, 0.25) is 5.91 Å². The van der Waals surface area contributed by atoms with E-state index in [0.717, 1.165) is 70.6 Å². The summed E-state index contributed by atoms with van der Waals surface area (Å²) in [5.74, 6) is -0.0745. The van der Waals surface area contributed by atoms with Crippen LogP contribution in [0, 0.1) is 0 Å². The Kier molecular flexibility index (Phi) is 46.6. The Labute approximate surface area is 361 Å². The molecule has 0 aliphatic rings. The lowest BCUT2D eigenvalue weighted by molar-refractivity contribution is -0.143. The summed E-state index contributed by atoms with van der Waals surface area (Å²) in [6.07, 6.45) is 55.6. The number of nitrogens with one attached hydrogen (secondary N) is 1. The molecule has 58 heavy (non-hydrogen) atoms. The summed E-state index contributed by atoms with van der Waals surface area (Å²) in [7, 11) is 0. The molecule has 2 unspecified atom stereocenters. The topological polar surface area (TPSA) is 95.9 Å². The van der Waals surface area contributed by atoms with E-state index in [-0.39, 0.29) is 18.5 Å². The summed E-state index contributed by atoms with van der Waals surface area (Å²) < 4.78 is 5.45. The molecule has 0 aromatic heterocycles. The van der Waals surface area contributed by atoms with Crippen molar-refractivity contribution in [1.29, 1.82) is 0 Å². The minimum Gasteiger partial charge on any atom is -0.466 e. The van der Waals surface area contributed by atoms with Crippen LogP contribution in [0.4, 0.5) is 0 Å². The summed E-state index contributed by atoms with van der Waals surface area (Å²) in [4.78, 5) is 24.5. The first-order valence-electron chi connectivity index (χ1n) is 25.6. The van der Waals surface area contributed by atoms with Crippen molar-refractivity contribution in [2.45, 2.75) is 283 Å². The van der Waals surface area contributed by atoms with Gasteiger partial charge in [0, 0.05) is 12.8 Å². The zero-order valence-electron chi connectivity index (χ0n) is 38.8. The van der Waals surface area contributed by atoms with E-state index in [9.17, 15) is 19.8 Å². The van der Waals surface area contributed by atoms with Gasteiger partial charge in [-0.1, -0.05) is 224 Å². The Bertz CT molecular complexity index is 904. The molecular weight excluding hydrogens is 719 g/mol. The number of esters is 1. The molecule has 0 aliphatic heterocycles. The second-order valence-electron chi connectivity index (χ2n) is 17.5. The van der Waals surface area contributed by atoms with Crippen LogP contribution >= 0.6 is 0 Å². The van der Waals surface area contributed by atoms with Crippen LogP contribution in [0.3, 0.4) is 0 Å². The van der Waals surface area contributed by atoms with Crippen molar-refractivity contribution in [3.05, 3.63) is 24.3 Å². The standard InChI is InChI=1S/C52H99NO5/c1-3-5-7-9-11-13-15-17-19-21-26-30-34-38-42-46-52(57)58-47-43-39-35-31-27-23-22-25-29-33-37-41-45-51(56)53-49(48-54)50(55)44-40-36-32-28-24-20-18-16-14-12-10-8-6-4-2/h11,13,17,19,49-50,54-55H,3-10,12,14-16,18,20-48H2,1-2H3,(H,53,56)/b13-11-,19-17-. The molecule has 2 atom stereocenters. The van der Waals surface area contributed by atoms with Gasteiger partial charge in [0.15, 0.2) is 0 Å². The highest BCUT2D eigenvalue weighted by atomic mass is 16.5. The van der Waals surface area contributed by atoms with Crippen molar-refractivity contribution >= 4 is 11.9 Å². The smallest absolute Gasteiger partial charge is 0.305 e. The molecule has 0 rings (SSSR count). The number of hydrogen-bond acceptors (Lipinski definition) is 5. The number of amides is 1. The number of aliphatic hydroxyl groups is 2. The molecule has 0 aliphatic carbocycles. The van der Waals surface area contributed by atoms with Crippen LogP contribution in [-0.2, 0) is 14.3 Å². The molecule has 0 saturated carbocycles. The average molecular weight is 818 g/mol. The molecule has 1 amide bonds. The maximum absolute atomic E-state index is 12.4. The first-order chi connectivity index (χ1) is 28.5. The minimum absolute atomic E-state index is 0.0233. The highest BCUT2D eigenvalue weighted by molar-refractivity contribution is 5.76. The van der Waals surface area contributed by atoms with Gasteiger partial charge >= 0.3 is 5.97 Å². The molecule has 0 spiro atoms. The van der Waals surface area contributed by atoms with E-state index in [1.54, 1.807) is 0 Å². The monoisotopic (exact) mass is 818 g/mol. The quantitative estimate of drug-likeness (QED) is 0.0323. The lowest BCUT2D eigenvalue weighted by Gasteiger charge is -2.22. The molecule has 3 N–H and O–H groups in total. The van der Waals surface area contributed by atoms with Crippen molar-refractivity contribution in [1.82, 2.24) is 5.32 Å². The molecule has 0 fully saturated rings. The van der Waals surface area contributed by atoms with Crippen molar-refractivity contribution in [3.63, 3.8) is 0 Å². The van der Waals surface area contributed by atoms with E-state index in [0.29, 0.717) is 25.9 Å². The van der Waals surface area contributed by atoms with Gasteiger partial charge in [-0.25, -0.2) is 0 Å². The van der Waals surface area contributed by atoms with Crippen LogP contribution in [0.5, 0.6) is 0 Å². The van der Waals surface area contributed by atoms with E-state index >= 15 is 0 Å². The fourth-order valence-corrected chi connectivity index (χ4v) is 7.79. The van der Waals surface area contributed by atoms with Crippen LogP contribution in [-0.4, -0.2) is 47.4 Å². The van der Waals surface area contributed by atoms with Gasteiger partial charge in [-0.2, -0.15) is 0 Å². The Hall–Kier alpha value is -1.66. The summed E-state index contributed by atoms with van der Waals surface area (Å²) in [5.41, 5.74) is 0. The maximum atomic E-state index is 12.4. The van der Waals surface area contributed by atoms with Gasteiger partial charge in [0.25, 0.3) is 0 Å². The number of rotatable bonds is 47. The number of carbonyl (C=O) groups excluding carboxylic acids is 2. The van der Waals surface area contributed by atoms with Crippen molar-refractivity contribution in [2.24, 2.45) is 0 Å². The van der Waals surface area contributed by atoms with Crippen LogP contribution in [0.25, 0.3) is 0 Å². The average Bonchev–Trinajstić information content (AvgIpc) is 3.22. The van der Waals surface area contributed by atoms with E-state index < -0.39 is 12.1 Å². The zero-order chi connectivity index (χ0) is 42.3.